The number of amides is 1. The van der Waals surface area contributed by atoms with E-state index in [1.54, 1.807) is 25.3 Å². The second-order valence-corrected chi connectivity index (χ2v) is 6.13. The number of aliphatic hydroxyl groups is 1. The van der Waals surface area contributed by atoms with Gasteiger partial charge in [0.05, 0.1) is 19.1 Å². The molecule has 4 heteroatoms. The van der Waals surface area contributed by atoms with E-state index in [1.807, 2.05) is 45.0 Å². The summed E-state index contributed by atoms with van der Waals surface area (Å²) in [6.07, 6.45) is 0. The van der Waals surface area contributed by atoms with Crippen molar-refractivity contribution in [2.45, 2.75) is 32.8 Å². The number of carbonyl (C=O) groups is 1. The number of aryl methyl sites for hydroxylation is 1. The molecule has 0 saturated carbocycles. The maximum Gasteiger partial charge on any atom is 0.234 e. The van der Waals surface area contributed by atoms with E-state index in [9.17, 15) is 9.90 Å². The minimum absolute atomic E-state index is 0.101. The molecular weight excluding hydrogens is 290 g/mol. The molecule has 0 aliphatic heterocycles. The van der Waals surface area contributed by atoms with Gasteiger partial charge in [-0.3, -0.25) is 4.79 Å². The van der Waals surface area contributed by atoms with Crippen LogP contribution in [0.15, 0.2) is 42.5 Å². The van der Waals surface area contributed by atoms with E-state index >= 15 is 0 Å². The summed E-state index contributed by atoms with van der Waals surface area (Å²) in [6.45, 7) is 5.66. The van der Waals surface area contributed by atoms with Crippen molar-refractivity contribution in [1.29, 1.82) is 0 Å². The Bertz CT molecular complexity index is 690. The van der Waals surface area contributed by atoms with Crippen LogP contribution in [0.3, 0.4) is 0 Å². The van der Waals surface area contributed by atoms with Crippen molar-refractivity contribution in [3.8, 4) is 5.75 Å². The van der Waals surface area contributed by atoms with Gasteiger partial charge in [-0.25, -0.2) is 0 Å². The van der Waals surface area contributed by atoms with Crippen LogP contribution in [0.2, 0.25) is 0 Å². The molecule has 2 aromatic carbocycles. The van der Waals surface area contributed by atoms with Crippen LogP contribution in [-0.2, 0) is 16.8 Å². The maximum absolute atomic E-state index is 12.7. The largest absolute Gasteiger partial charge is 0.496 e. The zero-order valence-electron chi connectivity index (χ0n) is 14.0. The summed E-state index contributed by atoms with van der Waals surface area (Å²) in [7, 11) is 1.55. The molecule has 0 unspecified atom stereocenters. The number of anilines is 1. The van der Waals surface area contributed by atoms with Gasteiger partial charge >= 0.3 is 0 Å². The van der Waals surface area contributed by atoms with Crippen molar-refractivity contribution in [3.05, 3.63) is 59.2 Å². The molecule has 2 rings (SSSR count). The molecule has 0 aliphatic carbocycles. The Morgan fingerprint density at radius 2 is 1.83 bits per heavy atom. The number of methoxy groups -OCH3 is 1. The fourth-order valence-electron chi connectivity index (χ4n) is 2.37. The van der Waals surface area contributed by atoms with Gasteiger partial charge in [0.1, 0.15) is 5.75 Å². The molecule has 0 aliphatic rings. The SMILES string of the molecule is COc1ccc(NC(=O)C(C)(C)c2ccc(C)cc2)cc1CO. The number of nitrogens with one attached hydrogen (secondary N) is 1. The standard InChI is InChI=1S/C19H23NO3/c1-13-5-7-15(8-6-13)19(2,3)18(22)20-16-9-10-17(23-4)14(11-16)12-21/h5-11,21H,12H2,1-4H3,(H,20,22). The lowest BCUT2D eigenvalue weighted by Gasteiger charge is -2.24. The fraction of sp³-hybridized carbons (Fsp3) is 0.316. The highest BCUT2D eigenvalue weighted by Crippen LogP contribution is 2.27. The van der Waals surface area contributed by atoms with E-state index in [4.69, 9.17) is 4.74 Å². The minimum Gasteiger partial charge on any atom is -0.496 e. The van der Waals surface area contributed by atoms with E-state index in [-0.39, 0.29) is 12.5 Å². The smallest absolute Gasteiger partial charge is 0.234 e. The number of aliphatic hydroxyl groups excluding tert-OH is 1. The van der Waals surface area contributed by atoms with Gasteiger partial charge in [-0.15, -0.1) is 0 Å². The first-order chi connectivity index (χ1) is 10.9. The van der Waals surface area contributed by atoms with Crippen LogP contribution in [0.5, 0.6) is 5.75 Å². The van der Waals surface area contributed by atoms with Crippen LogP contribution in [0.4, 0.5) is 5.69 Å². The molecular formula is C19H23NO3. The third-order valence-corrected chi connectivity index (χ3v) is 4.05. The van der Waals surface area contributed by atoms with E-state index in [1.165, 1.54) is 0 Å². The predicted octanol–water partition coefficient (Wildman–Crippen LogP) is 3.41. The zero-order chi connectivity index (χ0) is 17.0. The first-order valence-electron chi connectivity index (χ1n) is 7.55. The molecule has 0 aromatic heterocycles. The molecule has 23 heavy (non-hydrogen) atoms. The van der Waals surface area contributed by atoms with Crippen LogP contribution in [0.25, 0.3) is 0 Å². The third-order valence-electron chi connectivity index (χ3n) is 4.05. The van der Waals surface area contributed by atoms with Gasteiger partial charge in [0.15, 0.2) is 0 Å². The topological polar surface area (TPSA) is 58.6 Å². The summed E-state index contributed by atoms with van der Waals surface area (Å²) in [6, 6.07) is 13.2. The molecule has 2 N–H and O–H groups in total. The summed E-state index contributed by atoms with van der Waals surface area (Å²) >= 11 is 0. The van der Waals surface area contributed by atoms with Gasteiger partial charge in [0.2, 0.25) is 5.91 Å². The Morgan fingerprint density at radius 1 is 1.17 bits per heavy atom. The zero-order valence-corrected chi connectivity index (χ0v) is 14.0. The monoisotopic (exact) mass is 313 g/mol. The Hall–Kier alpha value is -2.33. The third kappa shape index (κ3) is 3.71. The number of hydrogen-bond acceptors (Lipinski definition) is 3. The summed E-state index contributed by atoms with van der Waals surface area (Å²) in [5, 5.41) is 12.3. The number of benzene rings is 2. The predicted molar refractivity (Wildman–Crippen MR) is 91.8 cm³/mol. The summed E-state index contributed by atoms with van der Waals surface area (Å²) in [5.74, 6) is 0.499. The molecule has 122 valence electrons. The van der Waals surface area contributed by atoms with Gasteiger partial charge in [0, 0.05) is 11.3 Å². The van der Waals surface area contributed by atoms with Crippen LogP contribution < -0.4 is 10.1 Å². The lowest BCUT2D eigenvalue weighted by atomic mass is 9.83. The average molecular weight is 313 g/mol. The maximum atomic E-state index is 12.7. The molecule has 2 aromatic rings. The lowest BCUT2D eigenvalue weighted by molar-refractivity contribution is -0.120. The summed E-state index contributed by atoms with van der Waals surface area (Å²) in [4.78, 5) is 12.7. The van der Waals surface area contributed by atoms with Crippen molar-refractivity contribution < 1.29 is 14.6 Å². The Morgan fingerprint density at radius 3 is 2.39 bits per heavy atom. The van der Waals surface area contributed by atoms with E-state index in [0.29, 0.717) is 17.0 Å². The molecule has 0 heterocycles. The van der Waals surface area contributed by atoms with E-state index in [0.717, 1.165) is 11.1 Å². The Labute approximate surface area is 137 Å². The van der Waals surface area contributed by atoms with Gasteiger partial charge < -0.3 is 15.2 Å². The second-order valence-electron chi connectivity index (χ2n) is 6.13. The second kappa shape index (κ2) is 6.84. The number of ether oxygens (including phenoxy) is 1. The molecule has 0 radical (unpaired) electrons. The van der Waals surface area contributed by atoms with E-state index in [2.05, 4.69) is 5.32 Å². The van der Waals surface area contributed by atoms with Gasteiger partial charge in [-0.1, -0.05) is 29.8 Å². The number of rotatable bonds is 5. The van der Waals surface area contributed by atoms with Crippen molar-refractivity contribution in [2.75, 3.05) is 12.4 Å². The van der Waals surface area contributed by atoms with Crippen molar-refractivity contribution in [1.82, 2.24) is 0 Å². The molecule has 0 saturated heterocycles. The Balaban J connectivity index is 2.22. The van der Waals surface area contributed by atoms with Crippen molar-refractivity contribution in [2.24, 2.45) is 0 Å². The van der Waals surface area contributed by atoms with Gasteiger partial charge in [0.25, 0.3) is 0 Å². The highest BCUT2D eigenvalue weighted by atomic mass is 16.5. The molecule has 0 fully saturated rings. The first kappa shape index (κ1) is 17.0. The van der Waals surface area contributed by atoms with Gasteiger partial charge in [-0.2, -0.15) is 0 Å². The average Bonchev–Trinajstić information content (AvgIpc) is 2.55. The van der Waals surface area contributed by atoms with Crippen molar-refractivity contribution >= 4 is 11.6 Å². The number of carbonyl (C=O) groups excluding carboxylic acids is 1. The quantitative estimate of drug-likeness (QED) is 0.889. The lowest BCUT2D eigenvalue weighted by Crippen LogP contribution is -2.34. The van der Waals surface area contributed by atoms with Gasteiger partial charge in [-0.05, 0) is 44.5 Å². The van der Waals surface area contributed by atoms with Crippen LogP contribution in [0, 0.1) is 6.92 Å². The summed E-state index contributed by atoms with van der Waals surface area (Å²) < 4.78 is 5.17. The molecule has 1 amide bonds. The number of hydrogen-bond donors (Lipinski definition) is 2. The summed E-state index contributed by atoms with van der Waals surface area (Å²) in [5.41, 5.74) is 2.73. The van der Waals surface area contributed by atoms with Crippen LogP contribution in [0.1, 0.15) is 30.5 Å². The normalized spacial score (nSPS) is 11.2. The molecule has 0 spiro atoms. The van der Waals surface area contributed by atoms with Crippen molar-refractivity contribution in [3.63, 3.8) is 0 Å². The first-order valence-corrected chi connectivity index (χ1v) is 7.55. The van der Waals surface area contributed by atoms with Crippen LogP contribution in [-0.4, -0.2) is 18.1 Å². The highest BCUT2D eigenvalue weighted by molar-refractivity contribution is 5.98. The molecule has 0 atom stereocenters. The van der Waals surface area contributed by atoms with Crippen LogP contribution >= 0.6 is 0 Å². The molecule has 0 bridgehead atoms. The minimum atomic E-state index is -0.660. The Kier molecular flexibility index (Phi) is 5.06. The molecule has 4 nitrogen and oxygen atoms in total. The highest BCUT2D eigenvalue weighted by Gasteiger charge is 2.29. The fourth-order valence-corrected chi connectivity index (χ4v) is 2.37. The van der Waals surface area contributed by atoms with E-state index < -0.39 is 5.41 Å².